The van der Waals surface area contributed by atoms with Gasteiger partial charge in [0.2, 0.25) is 10.0 Å². The van der Waals surface area contributed by atoms with Gasteiger partial charge >= 0.3 is 0 Å². The van der Waals surface area contributed by atoms with E-state index in [-0.39, 0.29) is 25.0 Å². The molecule has 1 unspecified atom stereocenters. The van der Waals surface area contributed by atoms with Gasteiger partial charge in [-0.3, -0.25) is 4.90 Å². The molecule has 0 aromatic carbocycles. The summed E-state index contributed by atoms with van der Waals surface area (Å²) in [6.45, 7) is 3.25. The largest absolute Gasteiger partial charge is 0.316 e. The van der Waals surface area contributed by atoms with Crippen molar-refractivity contribution in [2.75, 3.05) is 45.5 Å². The number of sulfonamides is 1. The maximum Gasteiger partial charge on any atom is 0.251 e. The van der Waals surface area contributed by atoms with Gasteiger partial charge < -0.3 is 5.32 Å². The molecule has 9 heteroatoms. The Morgan fingerprint density at radius 3 is 2.39 bits per heavy atom. The van der Waals surface area contributed by atoms with E-state index >= 15 is 0 Å². The lowest BCUT2D eigenvalue weighted by atomic mass is 9.96. The molecule has 2 aliphatic heterocycles. The fraction of sp³-hybridized carbons (Fsp3) is 1.00. The fourth-order valence-corrected chi connectivity index (χ4v) is 4.37. The fourth-order valence-electron chi connectivity index (χ4n) is 3.50. The first-order chi connectivity index (χ1) is 10.4. The average molecular weight is 376 g/mol. The molecular formula is C14H28ClF2N3O2S. The van der Waals surface area contributed by atoms with Crippen LogP contribution < -0.4 is 5.32 Å². The molecule has 1 atom stereocenters. The first-order valence-corrected chi connectivity index (χ1v) is 9.89. The Balaban J connectivity index is 0.00000264. The molecular weight excluding hydrogens is 348 g/mol. The quantitative estimate of drug-likeness (QED) is 0.762. The number of piperidine rings is 2. The normalized spacial score (nSPS) is 24.8. The van der Waals surface area contributed by atoms with Gasteiger partial charge in [-0.1, -0.05) is 0 Å². The molecule has 2 fully saturated rings. The van der Waals surface area contributed by atoms with E-state index < -0.39 is 16.4 Å². The van der Waals surface area contributed by atoms with Crippen LogP contribution in [0, 0.1) is 5.92 Å². The van der Waals surface area contributed by atoms with Gasteiger partial charge in [-0.25, -0.2) is 21.5 Å². The van der Waals surface area contributed by atoms with Crippen LogP contribution in [-0.4, -0.2) is 75.6 Å². The van der Waals surface area contributed by atoms with Crippen LogP contribution in [0.4, 0.5) is 8.78 Å². The van der Waals surface area contributed by atoms with Crippen LogP contribution in [0.2, 0.25) is 0 Å². The van der Waals surface area contributed by atoms with Gasteiger partial charge in [-0.05, 0) is 44.7 Å². The average Bonchev–Trinajstić information content (AvgIpc) is 2.46. The van der Waals surface area contributed by atoms with Crippen LogP contribution in [0.3, 0.4) is 0 Å². The molecule has 2 aliphatic rings. The van der Waals surface area contributed by atoms with Crippen LogP contribution in [0.5, 0.6) is 0 Å². The summed E-state index contributed by atoms with van der Waals surface area (Å²) in [6.07, 6.45) is 2.32. The molecule has 0 radical (unpaired) electrons. The lowest BCUT2D eigenvalue weighted by molar-refractivity contribution is 0.0383. The van der Waals surface area contributed by atoms with Crippen molar-refractivity contribution >= 4 is 22.4 Å². The van der Waals surface area contributed by atoms with Crippen LogP contribution in [0.1, 0.15) is 25.7 Å². The highest BCUT2D eigenvalue weighted by molar-refractivity contribution is 7.88. The summed E-state index contributed by atoms with van der Waals surface area (Å²) >= 11 is 0. The van der Waals surface area contributed by atoms with Crippen molar-refractivity contribution in [2.45, 2.75) is 38.2 Å². The van der Waals surface area contributed by atoms with Gasteiger partial charge in [0.1, 0.15) is 0 Å². The third-order valence-electron chi connectivity index (χ3n) is 4.67. The zero-order valence-corrected chi connectivity index (χ0v) is 15.2. The minimum atomic E-state index is -3.17. The molecule has 0 spiro atoms. The van der Waals surface area contributed by atoms with Crippen molar-refractivity contribution in [1.29, 1.82) is 0 Å². The molecule has 5 nitrogen and oxygen atoms in total. The summed E-state index contributed by atoms with van der Waals surface area (Å²) in [4.78, 5) is 1.89. The molecule has 2 heterocycles. The second-order valence-electron chi connectivity index (χ2n) is 6.45. The predicted molar refractivity (Wildman–Crippen MR) is 89.9 cm³/mol. The summed E-state index contributed by atoms with van der Waals surface area (Å²) in [6, 6.07) is 0.0638. The summed E-state index contributed by atoms with van der Waals surface area (Å²) < 4.78 is 50.3. The summed E-state index contributed by atoms with van der Waals surface area (Å²) in [5, 5.41) is 3.32. The van der Waals surface area contributed by atoms with Gasteiger partial charge in [0.15, 0.2) is 0 Å². The van der Waals surface area contributed by atoms with Crippen LogP contribution in [-0.2, 0) is 10.0 Å². The molecule has 2 rings (SSSR count). The van der Waals surface area contributed by atoms with Gasteiger partial charge in [-0.2, -0.15) is 0 Å². The number of alkyl halides is 2. The molecule has 0 saturated carbocycles. The molecule has 0 aromatic heterocycles. The summed E-state index contributed by atoms with van der Waals surface area (Å²) in [7, 11) is -3.17. The summed E-state index contributed by atoms with van der Waals surface area (Å²) in [5.41, 5.74) is 0. The van der Waals surface area contributed by atoms with Gasteiger partial charge in [0.25, 0.3) is 6.43 Å². The van der Waals surface area contributed by atoms with Crippen molar-refractivity contribution in [2.24, 2.45) is 5.92 Å². The first kappa shape index (κ1) is 21.0. The number of nitrogens with zero attached hydrogens (tertiary/aromatic N) is 2. The molecule has 23 heavy (non-hydrogen) atoms. The lowest BCUT2D eigenvalue weighted by Crippen LogP contribution is -2.50. The van der Waals surface area contributed by atoms with Crippen LogP contribution >= 0.6 is 12.4 Å². The maximum atomic E-state index is 12.9. The zero-order valence-electron chi connectivity index (χ0n) is 13.6. The van der Waals surface area contributed by atoms with E-state index in [1.807, 2.05) is 4.90 Å². The topological polar surface area (TPSA) is 52.7 Å². The molecule has 0 bridgehead atoms. The monoisotopic (exact) mass is 375 g/mol. The highest BCUT2D eigenvalue weighted by atomic mass is 35.5. The Morgan fingerprint density at radius 2 is 1.91 bits per heavy atom. The molecule has 0 aliphatic carbocycles. The first-order valence-electron chi connectivity index (χ1n) is 8.04. The highest BCUT2D eigenvalue weighted by Gasteiger charge is 2.31. The van der Waals surface area contributed by atoms with Crippen LogP contribution in [0.25, 0.3) is 0 Å². The highest BCUT2D eigenvalue weighted by Crippen LogP contribution is 2.22. The Morgan fingerprint density at radius 1 is 1.26 bits per heavy atom. The van der Waals surface area contributed by atoms with E-state index in [2.05, 4.69) is 5.32 Å². The smallest absolute Gasteiger partial charge is 0.251 e. The molecule has 138 valence electrons. The number of halogens is 3. The predicted octanol–water partition coefficient (Wildman–Crippen LogP) is 1.40. The van der Waals surface area contributed by atoms with Gasteiger partial charge in [0, 0.05) is 25.7 Å². The van der Waals surface area contributed by atoms with E-state index in [0.717, 1.165) is 25.9 Å². The van der Waals surface area contributed by atoms with Crippen LogP contribution in [0.15, 0.2) is 0 Å². The molecule has 0 aromatic rings. The van der Waals surface area contributed by atoms with E-state index in [1.165, 1.54) is 10.6 Å². The molecule has 1 N–H and O–H groups in total. The van der Waals surface area contributed by atoms with E-state index in [0.29, 0.717) is 38.4 Å². The van der Waals surface area contributed by atoms with Crippen molar-refractivity contribution in [3.63, 3.8) is 0 Å². The van der Waals surface area contributed by atoms with Gasteiger partial charge in [-0.15, -0.1) is 12.4 Å². The third kappa shape index (κ3) is 6.78. The zero-order chi connectivity index (χ0) is 16.2. The number of rotatable bonds is 6. The molecule has 2 saturated heterocycles. The third-order valence-corrected chi connectivity index (χ3v) is 5.98. The Hall–Kier alpha value is -0.0200. The van der Waals surface area contributed by atoms with Crippen molar-refractivity contribution in [3.8, 4) is 0 Å². The van der Waals surface area contributed by atoms with Gasteiger partial charge in [0.05, 0.1) is 12.8 Å². The van der Waals surface area contributed by atoms with E-state index in [1.54, 1.807) is 0 Å². The standard InChI is InChI=1S/C14H27F2N3O2S.ClH/c1-22(20,21)19-7-4-13(5-8-19)18(11-14(15)16)10-12-3-2-6-17-9-12;/h12-14,17H,2-11H2,1H3;1H. The molecule has 0 amide bonds. The number of hydrogen-bond donors (Lipinski definition) is 1. The maximum absolute atomic E-state index is 12.9. The van der Waals surface area contributed by atoms with E-state index in [4.69, 9.17) is 0 Å². The second kappa shape index (κ2) is 9.46. The minimum absolute atomic E-state index is 0. The summed E-state index contributed by atoms with van der Waals surface area (Å²) in [5.74, 6) is 0.417. The lowest BCUT2D eigenvalue weighted by Gasteiger charge is -2.39. The Bertz CT molecular complexity index is 439. The van der Waals surface area contributed by atoms with Crippen molar-refractivity contribution in [1.82, 2.24) is 14.5 Å². The Kier molecular flexibility index (Phi) is 8.65. The number of nitrogens with one attached hydrogen (secondary N) is 1. The minimum Gasteiger partial charge on any atom is -0.316 e. The SMILES string of the molecule is CS(=O)(=O)N1CCC(N(CC(F)F)CC2CCCNC2)CC1.Cl. The van der Waals surface area contributed by atoms with Crippen molar-refractivity contribution < 1.29 is 17.2 Å². The second-order valence-corrected chi connectivity index (χ2v) is 8.43. The van der Waals surface area contributed by atoms with E-state index in [9.17, 15) is 17.2 Å². The number of hydrogen-bond acceptors (Lipinski definition) is 4. The van der Waals surface area contributed by atoms with Crippen molar-refractivity contribution in [3.05, 3.63) is 0 Å². The Labute approximate surface area is 144 Å².